The van der Waals surface area contributed by atoms with Gasteiger partial charge in [-0.15, -0.1) is 0 Å². The highest BCUT2D eigenvalue weighted by Crippen LogP contribution is 2.62. The molecule has 5 aliphatic rings. The monoisotopic (exact) mass is 354 g/mol. The number of rotatable bonds is 2. The fraction of sp³-hybridized carbons (Fsp3) is 0.619. The number of methoxy groups -OCH3 is 1. The van der Waals surface area contributed by atoms with Gasteiger partial charge in [-0.2, -0.15) is 0 Å². The first-order valence-corrected chi connectivity index (χ1v) is 9.82. The van der Waals surface area contributed by atoms with Gasteiger partial charge >= 0.3 is 5.97 Å². The quantitative estimate of drug-likeness (QED) is 0.828. The van der Waals surface area contributed by atoms with Crippen molar-refractivity contribution in [3.05, 3.63) is 29.8 Å². The molecule has 4 heterocycles. The van der Waals surface area contributed by atoms with E-state index >= 15 is 0 Å². The number of nitrogens with one attached hydrogen (secondary N) is 1. The summed E-state index contributed by atoms with van der Waals surface area (Å²) >= 11 is 0. The zero-order valence-corrected chi connectivity index (χ0v) is 15.5. The lowest BCUT2D eigenvalue weighted by Crippen LogP contribution is -2.79. The molecule has 0 amide bonds. The number of nitrogens with zero attached hydrogens (tertiary/aromatic N) is 1. The molecule has 1 N–H and O–H groups in total. The number of para-hydroxylation sites is 1. The summed E-state index contributed by atoms with van der Waals surface area (Å²) in [4.78, 5) is 29.5. The number of anilines is 1. The Morgan fingerprint density at radius 1 is 1.38 bits per heavy atom. The molecule has 6 atom stereocenters. The maximum Gasteiger partial charge on any atom is 0.316 e. The Morgan fingerprint density at radius 3 is 2.92 bits per heavy atom. The number of carbonyl (C=O) groups is 2. The zero-order valence-electron chi connectivity index (χ0n) is 15.5. The molecule has 1 aliphatic carbocycles. The van der Waals surface area contributed by atoms with Crippen LogP contribution in [0, 0.1) is 17.3 Å². The lowest BCUT2D eigenvalue weighted by Gasteiger charge is -2.66. The van der Waals surface area contributed by atoms with Gasteiger partial charge in [-0.1, -0.05) is 25.5 Å². The number of hydrogen-bond donors (Lipinski definition) is 1. The molecular formula is C21H26N2O3. The average Bonchev–Trinajstić information content (AvgIpc) is 2.97. The summed E-state index contributed by atoms with van der Waals surface area (Å²) in [6.07, 6.45) is 3.61. The summed E-state index contributed by atoms with van der Waals surface area (Å²) in [6, 6.07) is 7.77. The van der Waals surface area contributed by atoms with Gasteiger partial charge in [0.2, 0.25) is 0 Å². The molecule has 1 saturated carbocycles. The molecule has 0 aromatic heterocycles. The van der Waals surface area contributed by atoms with Gasteiger partial charge < -0.3 is 10.1 Å². The second-order valence-electron chi connectivity index (χ2n) is 8.53. The van der Waals surface area contributed by atoms with Crippen LogP contribution >= 0.6 is 0 Å². The van der Waals surface area contributed by atoms with Crippen LogP contribution in [0.5, 0.6) is 0 Å². The predicted molar refractivity (Wildman–Crippen MR) is 98.1 cm³/mol. The molecule has 1 aromatic carbocycles. The Morgan fingerprint density at radius 2 is 2.19 bits per heavy atom. The van der Waals surface area contributed by atoms with Gasteiger partial charge in [-0.3, -0.25) is 14.5 Å². The summed E-state index contributed by atoms with van der Waals surface area (Å²) in [5.41, 5.74) is -0.0717. The van der Waals surface area contributed by atoms with Crippen molar-refractivity contribution in [2.24, 2.45) is 17.3 Å². The number of esters is 1. The van der Waals surface area contributed by atoms with Crippen LogP contribution in [0.25, 0.3) is 0 Å². The standard InChI is InChI=1S/C21H26N2O3/c1-3-14-10-13-11-20(19(25)26-2)17(14)23(12-13)9-8-21(20)18(24)15-6-4-5-7-16(15)22-21/h4-7,13-14,17,22H,3,8-12H2,1-2H3/t13-,14-,17+,20+,21+/m0/s1. The Bertz CT molecular complexity index is 785. The van der Waals surface area contributed by atoms with Crippen molar-refractivity contribution < 1.29 is 14.3 Å². The SMILES string of the molecule is CC[C@H]1C[C@@H]2CN3CC[C@]4(Nc5ccccc5C4=O)[C@](C(=O)OC)(C2)[C@@H]13. The van der Waals surface area contributed by atoms with Crippen LogP contribution in [0.4, 0.5) is 5.69 Å². The van der Waals surface area contributed by atoms with Crippen LogP contribution in [0.15, 0.2) is 24.3 Å². The fourth-order valence-corrected chi connectivity index (χ4v) is 6.75. The van der Waals surface area contributed by atoms with Crippen LogP contribution in [0.3, 0.4) is 0 Å². The summed E-state index contributed by atoms with van der Waals surface area (Å²) in [5.74, 6) is 0.779. The average molecular weight is 354 g/mol. The van der Waals surface area contributed by atoms with Gasteiger partial charge in [0.25, 0.3) is 0 Å². The first-order chi connectivity index (χ1) is 12.6. The highest BCUT2D eigenvalue weighted by Gasteiger charge is 2.74. The summed E-state index contributed by atoms with van der Waals surface area (Å²) in [5, 5.41) is 3.56. The largest absolute Gasteiger partial charge is 0.468 e. The van der Waals surface area contributed by atoms with E-state index in [0.29, 0.717) is 18.3 Å². The van der Waals surface area contributed by atoms with E-state index in [1.807, 2.05) is 24.3 Å². The molecule has 6 rings (SSSR count). The number of carbonyl (C=O) groups excluding carboxylic acids is 2. The Kier molecular flexibility index (Phi) is 3.34. The van der Waals surface area contributed by atoms with Gasteiger partial charge in [-0.25, -0.2) is 0 Å². The van der Waals surface area contributed by atoms with Crippen molar-refractivity contribution in [2.75, 3.05) is 25.5 Å². The van der Waals surface area contributed by atoms with E-state index in [9.17, 15) is 9.59 Å². The molecule has 4 aliphatic heterocycles. The molecular weight excluding hydrogens is 328 g/mol. The van der Waals surface area contributed by atoms with Gasteiger partial charge in [0.05, 0.1) is 7.11 Å². The number of hydrogen-bond acceptors (Lipinski definition) is 5. The molecule has 1 spiro atoms. The molecule has 1 aromatic rings. The smallest absolute Gasteiger partial charge is 0.316 e. The number of piperidine rings is 3. The van der Waals surface area contributed by atoms with Crippen molar-refractivity contribution in [2.45, 2.75) is 44.2 Å². The summed E-state index contributed by atoms with van der Waals surface area (Å²) < 4.78 is 5.39. The van der Waals surface area contributed by atoms with Crippen molar-refractivity contribution in [1.82, 2.24) is 4.90 Å². The van der Waals surface area contributed by atoms with Gasteiger partial charge in [0, 0.05) is 30.4 Å². The predicted octanol–water partition coefficient (Wildman–Crippen LogP) is 2.72. The van der Waals surface area contributed by atoms with E-state index in [4.69, 9.17) is 4.74 Å². The highest BCUT2D eigenvalue weighted by molar-refractivity contribution is 6.16. The van der Waals surface area contributed by atoms with Crippen molar-refractivity contribution >= 4 is 17.4 Å². The number of fused-ring (bicyclic) bond motifs is 2. The molecule has 4 fully saturated rings. The molecule has 138 valence electrons. The van der Waals surface area contributed by atoms with E-state index < -0.39 is 11.0 Å². The molecule has 5 heteroatoms. The van der Waals surface area contributed by atoms with E-state index in [1.165, 1.54) is 7.11 Å². The summed E-state index contributed by atoms with van der Waals surface area (Å²) in [6.45, 7) is 4.12. The second-order valence-corrected chi connectivity index (χ2v) is 8.53. The van der Waals surface area contributed by atoms with Crippen LogP contribution in [-0.4, -0.2) is 48.4 Å². The van der Waals surface area contributed by atoms with Crippen molar-refractivity contribution in [3.63, 3.8) is 0 Å². The van der Waals surface area contributed by atoms with E-state index in [-0.39, 0.29) is 17.8 Å². The Labute approximate surface area is 154 Å². The van der Waals surface area contributed by atoms with Gasteiger partial charge in [0.15, 0.2) is 5.78 Å². The van der Waals surface area contributed by atoms with Gasteiger partial charge in [0.1, 0.15) is 11.0 Å². The molecule has 0 radical (unpaired) electrons. The van der Waals surface area contributed by atoms with Gasteiger partial charge in [-0.05, 0) is 43.2 Å². The van der Waals surface area contributed by atoms with E-state index in [1.54, 1.807) is 0 Å². The minimum absolute atomic E-state index is 0.0838. The topological polar surface area (TPSA) is 58.6 Å². The van der Waals surface area contributed by atoms with E-state index in [0.717, 1.165) is 43.6 Å². The third-order valence-electron chi connectivity index (χ3n) is 7.60. The first-order valence-electron chi connectivity index (χ1n) is 9.82. The number of ether oxygens (including phenoxy) is 1. The minimum atomic E-state index is -0.864. The van der Waals surface area contributed by atoms with Crippen molar-refractivity contribution in [1.29, 1.82) is 0 Å². The van der Waals surface area contributed by atoms with Crippen LogP contribution in [0.1, 0.15) is 43.0 Å². The zero-order chi connectivity index (χ0) is 18.1. The molecule has 1 unspecified atom stereocenters. The molecule has 4 bridgehead atoms. The Balaban J connectivity index is 1.72. The fourth-order valence-electron chi connectivity index (χ4n) is 6.75. The Hall–Kier alpha value is -1.88. The normalized spacial score (nSPS) is 42.5. The third kappa shape index (κ3) is 1.70. The lowest BCUT2D eigenvalue weighted by molar-refractivity contribution is -0.193. The number of Topliss-reactive ketones (excluding diaryl/α,β-unsaturated/α-hetero) is 1. The molecule has 26 heavy (non-hydrogen) atoms. The van der Waals surface area contributed by atoms with Crippen LogP contribution < -0.4 is 5.32 Å². The molecule has 3 saturated heterocycles. The summed E-state index contributed by atoms with van der Waals surface area (Å²) in [7, 11) is 1.47. The molecule has 5 nitrogen and oxygen atoms in total. The maximum atomic E-state index is 13.7. The lowest BCUT2D eigenvalue weighted by atomic mass is 9.47. The van der Waals surface area contributed by atoms with Crippen molar-refractivity contribution in [3.8, 4) is 0 Å². The minimum Gasteiger partial charge on any atom is -0.468 e. The maximum absolute atomic E-state index is 13.7. The van der Waals surface area contributed by atoms with Crippen LogP contribution in [0.2, 0.25) is 0 Å². The number of benzene rings is 1. The van der Waals surface area contributed by atoms with Crippen LogP contribution in [-0.2, 0) is 9.53 Å². The number of ketones is 1. The second kappa shape index (κ2) is 5.32. The van der Waals surface area contributed by atoms with E-state index in [2.05, 4.69) is 17.1 Å². The first kappa shape index (κ1) is 16.3. The third-order valence-corrected chi connectivity index (χ3v) is 7.60. The highest BCUT2D eigenvalue weighted by atomic mass is 16.5.